The quantitative estimate of drug-likeness (QED) is 0.747. The molecule has 0 saturated carbocycles. The molecular formula is C12H14N2O2S. The van der Waals surface area contributed by atoms with Gasteiger partial charge in [0, 0.05) is 24.6 Å². The lowest BCUT2D eigenvalue weighted by Crippen LogP contribution is -2.23. The highest BCUT2D eigenvalue weighted by Gasteiger charge is 2.17. The molecule has 0 fully saturated rings. The Hall–Kier alpha value is -1.43. The largest absolute Gasteiger partial charge is 0.329 e. The number of allylic oxidation sites excluding steroid dienone is 1. The lowest BCUT2D eigenvalue weighted by Gasteiger charge is -2.18. The van der Waals surface area contributed by atoms with Gasteiger partial charge in [0.05, 0.1) is 4.86 Å². The zero-order valence-corrected chi connectivity index (χ0v) is 10.1. The van der Waals surface area contributed by atoms with E-state index in [1.54, 1.807) is 6.07 Å². The Morgan fingerprint density at radius 3 is 2.76 bits per heavy atom. The molecule has 5 heteroatoms. The zero-order valence-electron chi connectivity index (χ0n) is 9.26. The van der Waals surface area contributed by atoms with Crippen molar-refractivity contribution in [2.45, 2.75) is 12.5 Å². The fourth-order valence-electron chi connectivity index (χ4n) is 2.01. The highest BCUT2D eigenvalue weighted by molar-refractivity contribution is 7.73. The summed E-state index contributed by atoms with van der Waals surface area (Å²) >= 11 is 0. The maximum absolute atomic E-state index is 11.1. The van der Waals surface area contributed by atoms with Crippen molar-refractivity contribution in [2.75, 3.05) is 6.54 Å². The first-order valence-corrected chi connectivity index (χ1v) is 6.43. The van der Waals surface area contributed by atoms with Crippen LogP contribution in [0.5, 0.6) is 0 Å². The zero-order chi connectivity index (χ0) is 12.4. The minimum atomic E-state index is -2.19. The monoisotopic (exact) mass is 250 g/mol. The molecule has 0 radical (unpaired) electrons. The molecule has 1 unspecified atom stereocenters. The molecule has 1 aliphatic rings. The van der Waals surface area contributed by atoms with E-state index < -0.39 is 10.3 Å². The summed E-state index contributed by atoms with van der Waals surface area (Å²) in [5.41, 5.74) is 14.0. The van der Waals surface area contributed by atoms with Gasteiger partial charge < -0.3 is 11.5 Å². The summed E-state index contributed by atoms with van der Waals surface area (Å²) < 4.78 is 22.3. The first-order valence-electron chi connectivity index (χ1n) is 5.35. The summed E-state index contributed by atoms with van der Waals surface area (Å²) in [5, 5.41) is 0. The van der Waals surface area contributed by atoms with Crippen LogP contribution in [0.1, 0.15) is 29.2 Å². The standard InChI is InChI=1S/C12H14N2O2S/c13-7-11(14)9-4-1-5-10-8(9)3-2-6-12(10)17(15)16/h1-5,11H,6-7,13-14H2. The number of hydrogen-bond donors (Lipinski definition) is 2. The van der Waals surface area contributed by atoms with Crippen LogP contribution in [0, 0.1) is 0 Å². The van der Waals surface area contributed by atoms with Gasteiger partial charge in [-0.3, -0.25) is 0 Å². The SMILES string of the molecule is NCC(N)c1cccc2c1C=CCC2=S(=O)=O. The van der Waals surface area contributed by atoms with Crippen LogP contribution in [0.15, 0.2) is 24.3 Å². The number of fused-ring (bicyclic) bond motifs is 1. The Balaban J connectivity index is 2.69. The number of hydrogen-bond acceptors (Lipinski definition) is 4. The second-order valence-electron chi connectivity index (χ2n) is 3.92. The van der Waals surface area contributed by atoms with Crippen LogP contribution >= 0.6 is 0 Å². The van der Waals surface area contributed by atoms with Crippen LogP contribution in [0.2, 0.25) is 0 Å². The second-order valence-corrected chi connectivity index (χ2v) is 4.88. The lowest BCUT2D eigenvalue weighted by molar-refractivity contribution is 0.627. The summed E-state index contributed by atoms with van der Waals surface area (Å²) in [6.07, 6.45) is 4.18. The average Bonchev–Trinajstić information content (AvgIpc) is 2.36. The molecule has 90 valence electrons. The van der Waals surface area contributed by atoms with Crippen molar-refractivity contribution < 1.29 is 8.42 Å². The van der Waals surface area contributed by atoms with Crippen LogP contribution in [0.3, 0.4) is 0 Å². The third-order valence-corrected chi connectivity index (χ3v) is 3.67. The van der Waals surface area contributed by atoms with Gasteiger partial charge in [0.15, 0.2) is 0 Å². The predicted octanol–water partition coefficient (Wildman–Crippen LogP) is 0.462. The third-order valence-electron chi connectivity index (χ3n) is 2.88. The van der Waals surface area contributed by atoms with Crippen molar-refractivity contribution in [3.8, 4) is 0 Å². The molecule has 0 aromatic heterocycles. The maximum Gasteiger partial charge on any atom is 0.218 e. The van der Waals surface area contributed by atoms with Gasteiger partial charge in [0.1, 0.15) is 0 Å². The van der Waals surface area contributed by atoms with E-state index in [2.05, 4.69) is 0 Å². The molecule has 4 N–H and O–H groups in total. The van der Waals surface area contributed by atoms with Crippen LogP contribution in [0.25, 0.3) is 6.08 Å². The van der Waals surface area contributed by atoms with Crippen LogP contribution in [-0.2, 0) is 10.3 Å². The van der Waals surface area contributed by atoms with E-state index in [-0.39, 0.29) is 6.04 Å². The highest BCUT2D eigenvalue weighted by Crippen LogP contribution is 2.26. The van der Waals surface area contributed by atoms with E-state index in [4.69, 9.17) is 11.5 Å². The third kappa shape index (κ3) is 2.17. The fraction of sp³-hybridized carbons (Fsp3) is 0.250. The molecule has 1 aromatic rings. The van der Waals surface area contributed by atoms with Gasteiger partial charge in [-0.05, 0) is 11.1 Å². The highest BCUT2D eigenvalue weighted by atomic mass is 32.2. The summed E-state index contributed by atoms with van der Waals surface area (Å²) in [5.74, 6) is 0. The summed E-state index contributed by atoms with van der Waals surface area (Å²) in [6, 6.07) is 5.23. The first-order chi connectivity index (χ1) is 8.15. The molecular weight excluding hydrogens is 236 g/mol. The smallest absolute Gasteiger partial charge is 0.218 e. The van der Waals surface area contributed by atoms with Gasteiger partial charge in [-0.25, -0.2) is 0 Å². The van der Waals surface area contributed by atoms with E-state index in [1.807, 2.05) is 24.3 Å². The van der Waals surface area contributed by atoms with E-state index in [1.165, 1.54) is 0 Å². The van der Waals surface area contributed by atoms with Crippen LogP contribution in [0.4, 0.5) is 0 Å². The van der Waals surface area contributed by atoms with Crippen molar-refractivity contribution in [3.63, 3.8) is 0 Å². The van der Waals surface area contributed by atoms with Gasteiger partial charge in [-0.2, -0.15) is 8.42 Å². The molecule has 0 heterocycles. The average molecular weight is 250 g/mol. The molecule has 0 saturated heterocycles. The molecule has 1 aliphatic carbocycles. The van der Waals surface area contributed by atoms with E-state index >= 15 is 0 Å². The normalized spacial score (nSPS) is 15.5. The Labute approximate surface area is 101 Å². The van der Waals surface area contributed by atoms with Crippen LogP contribution < -0.4 is 11.5 Å². The van der Waals surface area contributed by atoms with Gasteiger partial charge in [-0.15, -0.1) is 0 Å². The summed E-state index contributed by atoms with van der Waals surface area (Å²) in [7, 11) is -2.19. The second kappa shape index (κ2) is 4.83. The summed E-state index contributed by atoms with van der Waals surface area (Å²) in [4.78, 5) is 0.411. The molecule has 1 aromatic carbocycles. The summed E-state index contributed by atoms with van der Waals surface area (Å²) in [6.45, 7) is 0.333. The van der Waals surface area contributed by atoms with Crippen molar-refractivity contribution >= 4 is 21.2 Å². The molecule has 4 nitrogen and oxygen atoms in total. The minimum absolute atomic E-state index is 0.269. The van der Waals surface area contributed by atoms with Gasteiger partial charge in [0.2, 0.25) is 10.3 Å². The number of nitrogens with two attached hydrogens (primary N) is 2. The maximum atomic E-state index is 11.1. The fourth-order valence-corrected chi connectivity index (χ4v) is 2.60. The Morgan fingerprint density at radius 1 is 1.35 bits per heavy atom. The minimum Gasteiger partial charge on any atom is -0.329 e. The molecule has 1 atom stereocenters. The first kappa shape index (κ1) is 12.0. The lowest BCUT2D eigenvalue weighted by atomic mass is 9.90. The van der Waals surface area contributed by atoms with Crippen molar-refractivity contribution in [1.82, 2.24) is 0 Å². The topological polar surface area (TPSA) is 86.2 Å². The Bertz CT molecular complexity index is 595. The molecule has 0 spiro atoms. The van der Waals surface area contributed by atoms with E-state index in [9.17, 15) is 8.42 Å². The molecule has 17 heavy (non-hydrogen) atoms. The van der Waals surface area contributed by atoms with E-state index in [0.29, 0.717) is 17.8 Å². The van der Waals surface area contributed by atoms with Crippen molar-refractivity contribution in [3.05, 3.63) is 41.0 Å². The predicted molar refractivity (Wildman–Crippen MR) is 69.1 cm³/mol. The number of benzene rings is 1. The van der Waals surface area contributed by atoms with Gasteiger partial charge >= 0.3 is 0 Å². The molecule has 2 rings (SSSR count). The molecule has 0 amide bonds. The molecule has 0 bridgehead atoms. The van der Waals surface area contributed by atoms with Crippen molar-refractivity contribution in [2.24, 2.45) is 11.5 Å². The van der Waals surface area contributed by atoms with Crippen molar-refractivity contribution in [1.29, 1.82) is 0 Å². The van der Waals surface area contributed by atoms with Crippen LogP contribution in [-0.4, -0.2) is 19.8 Å². The van der Waals surface area contributed by atoms with Gasteiger partial charge in [0.25, 0.3) is 0 Å². The number of rotatable bonds is 2. The Kier molecular flexibility index (Phi) is 3.42. The molecule has 0 aliphatic heterocycles. The van der Waals surface area contributed by atoms with Gasteiger partial charge in [-0.1, -0.05) is 30.4 Å². The van der Waals surface area contributed by atoms with E-state index in [0.717, 1.165) is 16.7 Å². The Morgan fingerprint density at radius 2 is 2.12 bits per heavy atom.